The summed E-state index contributed by atoms with van der Waals surface area (Å²) in [7, 11) is 0. The lowest BCUT2D eigenvalue weighted by Gasteiger charge is -2.31. The molecule has 0 aromatic rings. The molecule has 0 saturated heterocycles. The Balaban J connectivity index is 1.86. The molecule has 3 rings (SSSR count). The maximum atomic E-state index is 4.42. The van der Waals surface area contributed by atoms with Crippen molar-refractivity contribution in [3.8, 4) is 0 Å². The van der Waals surface area contributed by atoms with E-state index in [4.69, 9.17) is 0 Å². The zero-order valence-electron chi connectivity index (χ0n) is 9.17. The summed E-state index contributed by atoms with van der Waals surface area (Å²) in [6.45, 7) is 4.42. The van der Waals surface area contributed by atoms with E-state index in [1.165, 1.54) is 51.4 Å². The summed E-state index contributed by atoms with van der Waals surface area (Å²) < 4.78 is 0. The van der Waals surface area contributed by atoms with E-state index in [1.807, 2.05) is 0 Å². The predicted molar refractivity (Wildman–Crippen MR) is 60.0 cm³/mol. The lowest BCUT2D eigenvalue weighted by molar-refractivity contribution is 0.184. The normalized spacial score (nSPS) is 47.3. The lowest BCUT2D eigenvalue weighted by Crippen LogP contribution is -2.22. The molecule has 0 spiro atoms. The molecule has 3 aliphatic rings. The van der Waals surface area contributed by atoms with E-state index in [1.54, 1.807) is 5.57 Å². The van der Waals surface area contributed by atoms with Gasteiger partial charge in [-0.05, 0) is 49.4 Å². The summed E-state index contributed by atoms with van der Waals surface area (Å²) in [6.07, 6.45) is 11.9. The van der Waals surface area contributed by atoms with Gasteiger partial charge in [-0.15, -0.1) is 0 Å². The van der Waals surface area contributed by atoms with Gasteiger partial charge in [-0.3, -0.25) is 0 Å². The number of hydrogen-bond donors (Lipinski definition) is 0. The number of fused-ring (bicyclic) bond motifs is 3. The molecule has 0 bridgehead atoms. The van der Waals surface area contributed by atoms with Gasteiger partial charge in [0.15, 0.2) is 0 Å². The summed E-state index contributed by atoms with van der Waals surface area (Å²) in [5, 5.41) is 0. The number of allylic oxidation sites excluding steroid dienone is 1. The topological polar surface area (TPSA) is 0 Å². The van der Waals surface area contributed by atoms with Crippen molar-refractivity contribution in [2.75, 3.05) is 0 Å². The third kappa shape index (κ3) is 1.19. The van der Waals surface area contributed by atoms with Crippen LogP contribution in [0.25, 0.3) is 0 Å². The monoisotopic (exact) mass is 190 g/mol. The first-order valence-electron chi connectivity index (χ1n) is 6.56. The molecule has 0 heteroatoms. The first-order chi connectivity index (χ1) is 6.88. The average Bonchev–Trinajstić information content (AvgIpc) is 2.55. The van der Waals surface area contributed by atoms with Crippen LogP contribution in [0.15, 0.2) is 12.2 Å². The molecule has 0 heterocycles. The van der Waals surface area contributed by atoms with Gasteiger partial charge in [0.2, 0.25) is 0 Å². The number of rotatable bonds is 0. The highest BCUT2D eigenvalue weighted by molar-refractivity contribution is 5.18. The molecule has 0 aromatic carbocycles. The maximum Gasteiger partial charge on any atom is -0.0172 e. The van der Waals surface area contributed by atoms with Crippen LogP contribution < -0.4 is 0 Å². The van der Waals surface area contributed by atoms with Crippen LogP contribution in [0.4, 0.5) is 0 Å². The summed E-state index contributed by atoms with van der Waals surface area (Å²) in [5.74, 6) is 4.00. The Labute approximate surface area is 87.8 Å². The van der Waals surface area contributed by atoms with Crippen LogP contribution in [0.5, 0.6) is 0 Å². The second kappa shape index (κ2) is 3.40. The van der Waals surface area contributed by atoms with Crippen molar-refractivity contribution in [2.45, 2.75) is 51.4 Å². The molecule has 3 saturated carbocycles. The summed E-state index contributed by atoms with van der Waals surface area (Å²) in [5.41, 5.74) is 1.67. The van der Waals surface area contributed by atoms with Crippen molar-refractivity contribution in [3.05, 3.63) is 12.2 Å². The summed E-state index contributed by atoms with van der Waals surface area (Å²) >= 11 is 0. The van der Waals surface area contributed by atoms with Gasteiger partial charge in [0.05, 0.1) is 0 Å². The third-order valence-corrected chi connectivity index (χ3v) is 5.14. The minimum Gasteiger partial charge on any atom is -0.0993 e. The molecule has 0 N–H and O–H groups in total. The molecule has 0 radical (unpaired) electrons. The zero-order valence-corrected chi connectivity index (χ0v) is 9.17. The van der Waals surface area contributed by atoms with Crippen molar-refractivity contribution in [1.29, 1.82) is 0 Å². The molecule has 0 nitrogen and oxygen atoms in total. The van der Waals surface area contributed by atoms with Crippen molar-refractivity contribution in [3.63, 3.8) is 0 Å². The van der Waals surface area contributed by atoms with Crippen LogP contribution in [0, 0.1) is 23.7 Å². The Morgan fingerprint density at radius 3 is 1.64 bits per heavy atom. The van der Waals surface area contributed by atoms with Crippen LogP contribution in [0.3, 0.4) is 0 Å². The van der Waals surface area contributed by atoms with E-state index in [-0.39, 0.29) is 0 Å². The van der Waals surface area contributed by atoms with Gasteiger partial charge in [0, 0.05) is 0 Å². The highest BCUT2D eigenvalue weighted by Crippen LogP contribution is 2.56. The van der Waals surface area contributed by atoms with Crippen LogP contribution in [0.1, 0.15) is 51.4 Å². The Morgan fingerprint density at radius 2 is 1.14 bits per heavy atom. The lowest BCUT2D eigenvalue weighted by atomic mass is 9.73. The standard InChI is InChI=1S/C14H22/c1-10-11-6-2-4-8-13(11)14-9-5-3-7-12(10)14/h11-14H,1-9H2. The van der Waals surface area contributed by atoms with Gasteiger partial charge in [-0.2, -0.15) is 0 Å². The van der Waals surface area contributed by atoms with Gasteiger partial charge >= 0.3 is 0 Å². The Morgan fingerprint density at radius 1 is 0.714 bits per heavy atom. The molecule has 3 fully saturated rings. The maximum absolute atomic E-state index is 4.42. The molecule has 0 aromatic heterocycles. The second-order valence-corrected chi connectivity index (χ2v) is 5.68. The first kappa shape index (κ1) is 9.00. The highest BCUT2D eigenvalue weighted by Gasteiger charge is 2.46. The second-order valence-electron chi connectivity index (χ2n) is 5.68. The van der Waals surface area contributed by atoms with Crippen LogP contribution >= 0.6 is 0 Å². The fourth-order valence-corrected chi connectivity index (χ4v) is 4.54. The molecule has 4 atom stereocenters. The van der Waals surface area contributed by atoms with Gasteiger partial charge in [-0.1, -0.05) is 37.8 Å². The van der Waals surface area contributed by atoms with Crippen molar-refractivity contribution in [1.82, 2.24) is 0 Å². The van der Waals surface area contributed by atoms with Crippen molar-refractivity contribution in [2.24, 2.45) is 23.7 Å². The minimum absolute atomic E-state index is 0.942. The van der Waals surface area contributed by atoms with Gasteiger partial charge in [-0.25, -0.2) is 0 Å². The molecule has 0 amide bonds. The predicted octanol–water partition coefficient (Wildman–Crippen LogP) is 4.17. The fraction of sp³-hybridized carbons (Fsp3) is 0.857. The van der Waals surface area contributed by atoms with Crippen molar-refractivity contribution >= 4 is 0 Å². The molecular formula is C14H22. The van der Waals surface area contributed by atoms with Gasteiger partial charge in [0.25, 0.3) is 0 Å². The third-order valence-electron chi connectivity index (χ3n) is 5.14. The van der Waals surface area contributed by atoms with E-state index in [2.05, 4.69) is 6.58 Å². The molecule has 4 unspecified atom stereocenters. The van der Waals surface area contributed by atoms with Gasteiger partial charge < -0.3 is 0 Å². The fourth-order valence-electron chi connectivity index (χ4n) is 4.54. The SMILES string of the molecule is C=C1C2CCCCC2C2CCCCC12. The van der Waals surface area contributed by atoms with E-state index in [0.29, 0.717) is 0 Å². The van der Waals surface area contributed by atoms with E-state index in [0.717, 1.165) is 23.7 Å². The zero-order chi connectivity index (χ0) is 9.54. The van der Waals surface area contributed by atoms with Crippen LogP contribution in [-0.4, -0.2) is 0 Å². The highest BCUT2D eigenvalue weighted by atomic mass is 14.5. The first-order valence-corrected chi connectivity index (χ1v) is 6.56. The molecule has 3 aliphatic carbocycles. The number of hydrogen-bond acceptors (Lipinski definition) is 0. The van der Waals surface area contributed by atoms with E-state index in [9.17, 15) is 0 Å². The molecule has 14 heavy (non-hydrogen) atoms. The smallest absolute Gasteiger partial charge is 0.0172 e. The van der Waals surface area contributed by atoms with Crippen LogP contribution in [0.2, 0.25) is 0 Å². The van der Waals surface area contributed by atoms with Crippen LogP contribution in [-0.2, 0) is 0 Å². The molecule has 78 valence electrons. The minimum atomic E-state index is 0.942. The average molecular weight is 190 g/mol. The van der Waals surface area contributed by atoms with E-state index < -0.39 is 0 Å². The molecule has 0 aliphatic heterocycles. The Hall–Kier alpha value is -0.260. The van der Waals surface area contributed by atoms with E-state index >= 15 is 0 Å². The largest absolute Gasteiger partial charge is 0.0993 e. The Bertz CT molecular complexity index is 216. The summed E-state index contributed by atoms with van der Waals surface area (Å²) in [6, 6.07) is 0. The van der Waals surface area contributed by atoms with Crippen molar-refractivity contribution < 1.29 is 0 Å². The quantitative estimate of drug-likeness (QED) is 0.503. The Kier molecular flexibility index (Phi) is 2.18. The summed E-state index contributed by atoms with van der Waals surface area (Å²) in [4.78, 5) is 0. The van der Waals surface area contributed by atoms with Gasteiger partial charge in [0.1, 0.15) is 0 Å². The molecular weight excluding hydrogens is 168 g/mol.